The van der Waals surface area contributed by atoms with E-state index in [1.165, 1.54) is 19.4 Å². The number of hydrogen-bond acceptors (Lipinski definition) is 2. The highest BCUT2D eigenvalue weighted by atomic mass is 16.1. The first-order chi connectivity index (χ1) is 6.25. The molecule has 2 aliphatic heterocycles. The Bertz CT molecular complexity index is 205. The van der Waals surface area contributed by atoms with Crippen LogP contribution < -0.4 is 5.32 Å². The van der Waals surface area contributed by atoms with Gasteiger partial charge in [-0.2, -0.15) is 0 Å². The fourth-order valence-electron chi connectivity index (χ4n) is 2.36. The summed E-state index contributed by atoms with van der Waals surface area (Å²) in [7, 11) is 0. The van der Waals surface area contributed by atoms with Crippen LogP contribution in [-0.4, -0.2) is 36.0 Å². The highest BCUT2D eigenvalue weighted by Gasteiger charge is 2.27. The molecule has 13 heavy (non-hydrogen) atoms. The van der Waals surface area contributed by atoms with Crippen molar-refractivity contribution in [3.8, 4) is 0 Å². The van der Waals surface area contributed by atoms with E-state index in [0.29, 0.717) is 6.04 Å². The van der Waals surface area contributed by atoms with Crippen LogP contribution in [0.5, 0.6) is 0 Å². The fraction of sp³-hybridized carbons (Fsp3) is 0.900. The highest BCUT2D eigenvalue weighted by Crippen LogP contribution is 2.18. The lowest BCUT2D eigenvalue weighted by Gasteiger charge is -2.24. The lowest BCUT2D eigenvalue weighted by molar-refractivity contribution is -0.119. The van der Waals surface area contributed by atoms with Gasteiger partial charge in [0.05, 0.1) is 0 Å². The van der Waals surface area contributed by atoms with E-state index < -0.39 is 0 Å². The lowest BCUT2D eigenvalue weighted by atomic mass is 10.2. The van der Waals surface area contributed by atoms with Crippen molar-refractivity contribution in [2.24, 2.45) is 0 Å². The third-order valence-electron chi connectivity index (χ3n) is 3.23. The summed E-state index contributed by atoms with van der Waals surface area (Å²) in [6, 6.07) is 1.14. The van der Waals surface area contributed by atoms with Crippen LogP contribution in [0.1, 0.15) is 32.6 Å². The summed E-state index contributed by atoms with van der Waals surface area (Å²) in [4.78, 5) is 13.5. The van der Waals surface area contributed by atoms with Crippen molar-refractivity contribution in [1.82, 2.24) is 10.2 Å². The lowest BCUT2D eigenvalue weighted by Crippen LogP contribution is -2.40. The minimum atomic E-state index is 0.233. The topological polar surface area (TPSA) is 32.3 Å². The molecule has 2 fully saturated rings. The average Bonchev–Trinajstić information content (AvgIpc) is 2.64. The van der Waals surface area contributed by atoms with E-state index in [1.54, 1.807) is 0 Å². The Balaban J connectivity index is 1.80. The monoisotopic (exact) mass is 182 g/mol. The van der Waals surface area contributed by atoms with Gasteiger partial charge in [-0.3, -0.25) is 9.69 Å². The van der Waals surface area contributed by atoms with Crippen molar-refractivity contribution in [2.45, 2.75) is 44.7 Å². The van der Waals surface area contributed by atoms with Gasteiger partial charge in [-0.1, -0.05) is 0 Å². The van der Waals surface area contributed by atoms with Gasteiger partial charge >= 0.3 is 0 Å². The minimum Gasteiger partial charge on any atom is -0.352 e. The van der Waals surface area contributed by atoms with Crippen LogP contribution in [-0.2, 0) is 4.79 Å². The Labute approximate surface area is 79.5 Å². The van der Waals surface area contributed by atoms with Crippen molar-refractivity contribution in [3.63, 3.8) is 0 Å². The second-order valence-corrected chi connectivity index (χ2v) is 4.29. The summed E-state index contributed by atoms with van der Waals surface area (Å²) < 4.78 is 0. The molecular formula is C10H18N2O. The molecule has 0 aliphatic carbocycles. The maximum Gasteiger partial charge on any atom is 0.220 e. The molecule has 0 saturated carbocycles. The van der Waals surface area contributed by atoms with E-state index >= 15 is 0 Å². The molecule has 2 rings (SSSR count). The third-order valence-corrected chi connectivity index (χ3v) is 3.23. The standard InChI is InChI=1S/C10H18N2O/c1-8-3-2-6-12(8)7-9-4-5-10(13)11-9/h8-9H,2-7H2,1H3,(H,11,13)/t8-,9-/m0/s1. The van der Waals surface area contributed by atoms with Gasteiger partial charge in [0.2, 0.25) is 5.91 Å². The molecule has 2 aliphatic rings. The molecule has 0 bridgehead atoms. The Morgan fingerprint density at radius 1 is 1.54 bits per heavy atom. The summed E-state index contributed by atoms with van der Waals surface area (Å²) >= 11 is 0. The zero-order valence-corrected chi connectivity index (χ0v) is 8.25. The normalized spacial score (nSPS) is 35.3. The van der Waals surface area contributed by atoms with Gasteiger partial charge in [0.15, 0.2) is 0 Å². The van der Waals surface area contributed by atoms with Crippen molar-refractivity contribution in [3.05, 3.63) is 0 Å². The second kappa shape index (κ2) is 3.66. The zero-order chi connectivity index (χ0) is 9.26. The largest absolute Gasteiger partial charge is 0.352 e. The van der Waals surface area contributed by atoms with Crippen molar-refractivity contribution in [1.29, 1.82) is 0 Å². The van der Waals surface area contributed by atoms with E-state index in [-0.39, 0.29) is 5.91 Å². The molecule has 2 atom stereocenters. The minimum absolute atomic E-state index is 0.233. The Morgan fingerprint density at radius 3 is 2.92 bits per heavy atom. The third kappa shape index (κ3) is 2.02. The number of carbonyl (C=O) groups is 1. The van der Waals surface area contributed by atoms with E-state index in [4.69, 9.17) is 0 Å². The first-order valence-corrected chi connectivity index (χ1v) is 5.29. The molecular weight excluding hydrogens is 164 g/mol. The van der Waals surface area contributed by atoms with Crippen LogP contribution in [0.2, 0.25) is 0 Å². The molecule has 2 heterocycles. The average molecular weight is 182 g/mol. The number of likely N-dealkylation sites (tertiary alicyclic amines) is 1. The van der Waals surface area contributed by atoms with Crippen LogP contribution in [0.15, 0.2) is 0 Å². The number of nitrogens with zero attached hydrogens (tertiary/aromatic N) is 1. The van der Waals surface area contributed by atoms with E-state index in [2.05, 4.69) is 17.1 Å². The van der Waals surface area contributed by atoms with Gasteiger partial charge in [-0.05, 0) is 32.7 Å². The molecule has 1 N–H and O–H groups in total. The van der Waals surface area contributed by atoms with Gasteiger partial charge in [0.25, 0.3) is 0 Å². The molecule has 0 radical (unpaired) electrons. The quantitative estimate of drug-likeness (QED) is 0.683. The van der Waals surface area contributed by atoms with Crippen LogP contribution in [0.3, 0.4) is 0 Å². The first-order valence-electron chi connectivity index (χ1n) is 5.29. The van der Waals surface area contributed by atoms with Crippen molar-refractivity contribution >= 4 is 5.91 Å². The summed E-state index contributed by atoms with van der Waals surface area (Å²) in [5.74, 6) is 0.233. The fourth-order valence-corrected chi connectivity index (χ4v) is 2.36. The molecule has 3 heteroatoms. The zero-order valence-electron chi connectivity index (χ0n) is 8.25. The van der Waals surface area contributed by atoms with Crippen LogP contribution in [0.4, 0.5) is 0 Å². The van der Waals surface area contributed by atoms with Gasteiger partial charge < -0.3 is 5.32 Å². The number of rotatable bonds is 2. The number of hydrogen-bond donors (Lipinski definition) is 1. The first kappa shape index (κ1) is 9.00. The molecule has 3 nitrogen and oxygen atoms in total. The van der Waals surface area contributed by atoms with Gasteiger partial charge in [0.1, 0.15) is 0 Å². The van der Waals surface area contributed by atoms with Crippen LogP contribution in [0.25, 0.3) is 0 Å². The highest BCUT2D eigenvalue weighted by molar-refractivity contribution is 5.78. The van der Waals surface area contributed by atoms with Crippen LogP contribution in [0, 0.1) is 0 Å². The molecule has 2 saturated heterocycles. The molecule has 0 unspecified atom stereocenters. The molecule has 0 aromatic carbocycles. The molecule has 74 valence electrons. The van der Waals surface area contributed by atoms with Crippen LogP contribution >= 0.6 is 0 Å². The van der Waals surface area contributed by atoms with E-state index in [1.807, 2.05) is 0 Å². The summed E-state index contributed by atoms with van der Waals surface area (Å²) in [6.45, 7) is 4.56. The van der Waals surface area contributed by atoms with Crippen molar-refractivity contribution < 1.29 is 4.79 Å². The number of nitrogens with one attached hydrogen (secondary N) is 1. The molecule has 0 aromatic rings. The van der Waals surface area contributed by atoms with Gasteiger partial charge in [-0.25, -0.2) is 0 Å². The van der Waals surface area contributed by atoms with Crippen molar-refractivity contribution in [2.75, 3.05) is 13.1 Å². The van der Waals surface area contributed by atoms with E-state index in [0.717, 1.165) is 25.4 Å². The smallest absolute Gasteiger partial charge is 0.220 e. The van der Waals surface area contributed by atoms with E-state index in [9.17, 15) is 4.79 Å². The summed E-state index contributed by atoms with van der Waals surface area (Å²) in [5.41, 5.74) is 0. The molecule has 0 aromatic heterocycles. The second-order valence-electron chi connectivity index (χ2n) is 4.29. The predicted octanol–water partition coefficient (Wildman–Crippen LogP) is 0.749. The van der Waals surface area contributed by atoms with Gasteiger partial charge in [-0.15, -0.1) is 0 Å². The van der Waals surface area contributed by atoms with Gasteiger partial charge in [0, 0.05) is 25.0 Å². The maximum absolute atomic E-state index is 11.0. The Morgan fingerprint density at radius 2 is 2.38 bits per heavy atom. The Kier molecular flexibility index (Phi) is 2.54. The SMILES string of the molecule is C[C@H]1CCCN1C[C@@H]1CCC(=O)N1. The molecule has 0 spiro atoms. The summed E-state index contributed by atoms with van der Waals surface area (Å²) in [5, 5.41) is 3.02. The number of amides is 1. The summed E-state index contributed by atoms with van der Waals surface area (Å²) in [6.07, 6.45) is 4.40. The molecule has 1 amide bonds. The number of carbonyl (C=O) groups excluding carboxylic acids is 1. The maximum atomic E-state index is 11.0. The predicted molar refractivity (Wildman–Crippen MR) is 51.4 cm³/mol. The Hall–Kier alpha value is -0.570.